The van der Waals surface area contributed by atoms with Gasteiger partial charge < -0.3 is 4.74 Å². The first-order valence-corrected chi connectivity index (χ1v) is 11.8. The van der Waals surface area contributed by atoms with Crippen LogP contribution in [0.25, 0.3) is 23.3 Å². The van der Waals surface area contributed by atoms with E-state index >= 15 is 0 Å². The van der Waals surface area contributed by atoms with Gasteiger partial charge in [0.2, 0.25) is 0 Å². The van der Waals surface area contributed by atoms with E-state index in [1.165, 1.54) is 44.5 Å². The van der Waals surface area contributed by atoms with Crippen LogP contribution in [0, 0.1) is 0 Å². The summed E-state index contributed by atoms with van der Waals surface area (Å²) in [6.45, 7) is 0. The molecule has 1 nitrogen and oxygen atoms in total. The predicted molar refractivity (Wildman–Crippen MR) is 136 cm³/mol. The van der Waals surface area contributed by atoms with E-state index in [4.69, 9.17) is 4.74 Å². The summed E-state index contributed by atoms with van der Waals surface area (Å²) < 4.78 is 7.01. The molecule has 0 spiro atoms. The fourth-order valence-electron chi connectivity index (χ4n) is 6.14. The van der Waals surface area contributed by atoms with Crippen molar-refractivity contribution in [2.75, 3.05) is 0 Å². The zero-order valence-corrected chi connectivity index (χ0v) is 18.3. The minimum absolute atomic E-state index is 0.0742. The molecule has 0 aromatic heterocycles. The van der Waals surface area contributed by atoms with E-state index in [1.807, 2.05) is 0 Å². The van der Waals surface area contributed by atoms with Gasteiger partial charge >= 0.3 is 0 Å². The molecular formula is C32H24O. The summed E-state index contributed by atoms with van der Waals surface area (Å²) in [5.74, 6) is 0.674. The second kappa shape index (κ2) is 7.43. The van der Waals surface area contributed by atoms with Gasteiger partial charge in [-0.3, -0.25) is 0 Å². The van der Waals surface area contributed by atoms with Crippen LogP contribution < -0.4 is 0 Å². The molecule has 1 aliphatic heterocycles. The Labute approximate surface area is 194 Å². The first kappa shape index (κ1) is 18.8. The summed E-state index contributed by atoms with van der Waals surface area (Å²) in [5.41, 5.74) is 10.6. The van der Waals surface area contributed by atoms with Crippen LogP contribution in [0.5, 0.6) is 0 Å². The van der Waals surface area contributed by atoms with Crippen LogP contribution in [0.3, 0.4) is 0 Å². The van der Waals surface area contributed by atoms with Crippen LogP contribution in [0.2, 0.25) is 0 Å². The second-order valence-corrected chi connectivity index (χ2v) is 9.22. The van der Waals surface area contributed by atoms with E-state index in [2.05, 4.69) is 121 Å². The molecule has 0 saturated carbocycles. The average molecular weight is 425 g/mol. The van der Waals surface area contributed by atoms with Crippen molar-refractivity contribution in [3.8, 4) is 0 Å². The van der Waals surface area contributed by atoms with Gasteiger partial charge in [0.05, 0.1) is 12.2 Å². The van der Waals surface area contributed by atoms with Crippen molar-refractivity contribution in [2.45, 2.75) is 24.0 Å². The summed E-state index contributed by atoms with van der Waals surface area (Å²) in [6, 6.07) is 39.1. The second-order valence-electron chi connectivity index (χ2n) is 9.22. The first-order chi connectivity index (χ1) is 16.4. The van der Waals surface area contributed by atoms with Gasteiger partial charge in [-0.05, 0) is 56.7 Å². The van der Waals surface area contributed by atoms with E-state index in [0.717, 1.165) is 0 Å². The number of ether oxygens (including phenoxy) is 1. The molecule has 2 aliphatic carbocycles. The number of hydrogen-bond acceptors (Lipinski definition) is 1. The van der Waals surface area contributed by atoms with Crippen molar-refractivity contribution in [3.63, 3.8) is 0 Å². The third-order valence-electron chi connectivity index (χ3n) is 7.45. The quantitative estimate of drug-likeness (QED) is 0.325. The fourth-order valence-corrected chi connectivity index (χ4v) is 6.14. The Morgan fingerprint density at radius 1 is 0.455 bits per heavy atom. The molecule has 3 aliphatic rings. The van der Waals surface area contributed by atoms with Gasteiger partial charge in [0.15, 0.2) is 0 Å². The monoisotopic (exact) mass is 424 g/mol. The molecule has 4 atom stereocenters. The third kappa shape index (κ3) is 2.90. The van der Waals surface area contributed by atoms with Gasteiger partial charge in [-0.15, -0.1) is 0 Å². The van der Waals surface area contributed by atoms with Crippen molar-refractivity contribution < 1.29 is 4.74 Å². The Kier molecular flexibility index (Phi) is 4.25. The maximum Gasteiger partial charge on any atom is 0.0915 e. The van der Waals surface area contributed by atoms with Crippen LogP contribution >= 0.6 is 0 Å². The van der Waals surface area contributed by atoms with Crippen LogP contribution in [0.1, 0.15) is 45.2 Å². The molecule has 4 aromatic rings. The molecule has 0 unspecified atom stereocenters. The topological polar surface area (TPSA) is 9.23 Å². The van der Waals surface area contributed by atoms with Crippen LogP contribution in [0.4, 0.5) is 0 Å². The average Bonchev–Trinajstić information content (AvgIpc) is 3.49. The van der Waals surface area contributed by atoms with E-state index in [-0.39, 0.29) is 12.2 Å². The molecule has 0 amide bonds. The number of benzene rings is 4. The molecule has 158 valence electrons. The zero-order valence-electron chi connectivity index (χ0n) is 18.3. The van der Waals surface area contributed by atoms with Crippen molar-refractivity contribution in [1.29, 1.82) is 0 Å². The van der Waals surface area contributed by atoms with Crippen molar-refractivity contribution >= 4 is 23.3 Å². The van der Waals surface area contributed by atoms with Crippen LogP contribution in [-0.4, -0.2) is 12.2 Å². The van der Waals surface area contributed by atoms with E-state index in [1.54, 1.807) is 0 Å². The Hall–Kier alpha value is -3.68. The number of rotatable bonds is 2. The van der Waals surface area contributed by atoms with Gasteiger partial charge in [0.25, 0.3) is 0 Å². The van der Waals surface area contributed by atoms with Crippen molar-refractivity contribution in [2.24, 2.45) is 0 Å². The third-order valence-corrected chi connectivity index (χ3v) is 7.45. The number of fused-ring (bicyclic) bond motifs is 7. The van der Waals surface area contributed by atoms with E-state index < -0.39 is 0 Å². The highest BCUT2D eigenvalue weighted by Crippen LogP contribution is 2.62. The molecule has 1 saturated heterocycles. The van der Waals surface area contributed by atoms with Crippen molar-refractivity contribution in [1.82, 2.24) is 0 Å². The first-order valence-electron chi connectivity index (χ1n) is 11.8. The van der Waals surface area contributed by atoms with Gasteiger partial charge in [0, 0.05) is 11.8 Å². The lowest BCUT2D eigenvalue weighted by molar-refractivity contribution is 0.110. The molecule has 4 aromatic carbocycles. The minimum Gasteiger partial charge on any atom is -0.364 e. The Morgan fingerprint density at radius 3 is 1.30 bits per heavy atom. The Bertz CT molecular complexity index is 1290. The van der Waals surface area contributed by atoms with E-state index in [0.29, 0.717) is 11.8 Å². The molecule has 7 rings (SSSR count). The Balaban J connectivity index is 1.40. The predicted octanol–water partition coefficient (Wildman–Crippen LogP) is 7.43. The van der Waals surface area contributed by atoms with Crippen LogP contribution in [0.15, 0.2) is 109 Å². The summed E-state index contributed by atoms with van der Waals surface area (Å²) in [7, 11) is 0. The molecule has 1 heteroatoms. The summed E-state index contributed by atoms with van der Waals surface area (Å²) in [6.07, 6.45) is 4.81. The molecule has 1 fully saturated rings. The van der Waals surface area contributed by atoms with E-state index in [9.17, 15) is 0 Å². The highest BCUT2D eigenvalue weighted by Gasteiger charge is 2.56. The molecular weight excluding hydrogens is 400 g/mol. The lowest BCUT2D eigenvalue weighted by atomic mass is 9.83. The maximum atomic E-state index is 7.01. The largest absolute Gasteiger partial charge is 0.364 e. The molecule has 0 N–H and O–H groups in total. The van der Waals surface area contributed by atoms with Gasteiger partial charge in [-0.2, -0.15) is 0 Å². The van der Waals surface area contributed by atoms with Crippen molar-refractivity contribution in [3.05, 3.63) is 143 Å². The lowest BCUT2D eigenvalue weighted by Gasteiger charge is -2.17. The lowest BCUT2D eigenvalue weighted by Crippen LogP contribution is -2.12. The zero-order chi connectivity index (χ0) is 21.8. The highest BCUT2D eigenvalue weighted by atomic mass is 16.5. The molecule has 1 heterocycles. The van der Waals surface area contributed by atoms with Gasteiger partial charge in [0.1, 0.15) is 0 Å². The standard InChI is InChI=1S/C32H24O/c1-3-11-21(12-4-1)19-27-23-15-7-9-17-25(23)29-30-26-18-10-8-16-24(26)28(32(30)33-31(27)29)20-22-13-5-2-6-14-22/h1-20,29-32H/b27-19-,28-20+/t29-,30+,31-,32-/m0/s1. The summed E-state index contributed by atoms with van der Waals surface area (Å²) >= 11 is 0. The maximum absolute atomic E-state index is 7.01. The SMILES string of the molecule is C(=C1\c2ccccc2[C@H]2[C@H]3c4ccccc4/C(=C\c4ccccc4)[C@@H]3O[C@@H]12)/c1ccccc1. The van der Waals surface area contributed by atoms with Gasteiger partial charge in [-0.25, -0.2) is 0 Å². The highest BCUT2D eigenvalue weighted by molar-refractivity contribution is 5.94. The molecule has 33 heavy (non-hydrogen) atoms. The Morgan fingerprint density at radius 2 is 0.848 bits per heavy atom. The smallest absolute Gasteiger partial charge is 0.0915 e. The normalized spacial score (nSPS) is 26.8. The summed E-state index contributed by atoms with van der Waals surface area (Å²) in [4.78, 5) is 0. The van der Waals surface area contributed by atoms with Gasteiger partial charge in [-0.1, -0.05) is 109 Å². The summed E-state index contributed by atoms with van der Waals surface area (Å²) in [5, 5.41) is 0. The fraction of sp³-hybridized carbons (Fsp3) is 0.125. The molecule has 0 bridgehead atoms. The minimum atomic E-state index is 0.0742. The molecule has 0 radical (unpaired) electrons. The van der Waals surface area contributed by atoms with Crippen LogP contribution in [-0.2, 0) is 4.74 Å². The number of hydrogen-bond donors (Lipinski definition) is 0.